The van der Waals surface area contributed by atoms with Crippen LogP contribution in [-0.4, -0.2) is 59.7 Å². The molecule has 5 nitrogen and oxygen atoms in total. The lowest BCUT2D eigenvalue weighted by molar-refractivity contribution is -0.0758. The van der Waals surface area contributed by atoms with E-state index in [9.17, 15) is 9.90 Å². The molecule has 2 rings (SSSR count). The van der Waals surface area contributed by atoms with Crippen LogP contribution in [0.2, 0.25) is 0 Å². The predicted octanol–water partition coefficient (Wildman–Crippen LogP) is 0.671. The maximum absolute atomic E-state index is 11.9. The summed E-state index contributed by atoms with van der Waals surface area (Å²) in [5, 5.41) is 10.3. The van der Waals surface area contributed by atoms with Crippen LogP contribution in [0.4, 0.5) is 0 Å². The lowest BCUT2D eigenvalue weighted by atomic mass is 9.94. The Morgan fingerprint density at radius 2 is 2.28 bits per heavy atom. The van der Waals surface area contributed by atoms with E-state index in [2.05, 4.69) is 4.98 Å². The summed E-state index contributed by atoms with van der Waals surface area (Å²) in [7, 11) is 1.86. The monoisotopic (exact) mass is 252 g/mol. The summed E-state index contributed by atoms with van der Waals surface area (Å²) in [6, 6.07) is 3.57. The van der Waals surface area contributed by atoms with Gasteiger partial charge in [-0.25, -0.2) is 0 Å². The van der Waals surface area contributed by atoms with Crippen LogP contribution in [-0.2, 0) is 4.74 Å². The number of aromatic nitrogens is 1. The van der Waals surface area contributed by atoms with E-state index in [0.29, 0.717) is 44.8 Å². The highest BCUT2D eigenvalue weighted by Crippen LogP contribution is 2.21. The first-order valence-corrected chi connectivity index (χ1v) is 6.24. The molecule has 1 aliphatic heterocycles. The molecule has 2 heterocycles. The molecule has 0 atom stereocenters. The molecule has 0 bridgehead atoms. The van der Waals surface area contributed by atoms with Crippen LogP contribution in [0.3, 0.4) is 0 Å². The van der Waals surface area contributed by atoms with Gasteiger partial charge in [0, 0.05) is 38.8 Å². The van der Waals surface area contributed by atoms with Gasteiger partial charge < -0.3 is 14.8 Å². The number of carbonyl (C=O) groups excluding carboxylic acids is 1. The number of aliphatic hydroxyl groups is 1. The standard InChI is InChI=1S/C13H20N2O3/c1-15(9-12(16)11-3-2-6-14-11)10-13(17)4-7-18-8-5-13/h2-3,6,14,17H,4-5,7-10H2,1H3. The molecule has 1 saturated heterocycles. The first kappa shape index (κ1) is 13.3. The molecule has 18 heavy (non-hydrogen) atoms. The molecule has 1 aliphatic rings. The van der Waals surface area contributed by atoms with Gasteiger partial charge in [0.25, 0.3) is 0 Å². The third-order valence-electron chi connectivity index (χ3n) is 3.30. The Bertz CT molecular complexity index is 383. The number of ketones is 1. The number of hydrogen-bond donors (Lipinski definition) is 2. The summed E-state index contributed by atoms with van der Waals surface area (Å²) in [6.45, 7) is 2.00. The number of hydrogen-bond acceptors (Lipinski definition) is 4. The zero-order valence-corrected chi connectivity index (χ0v) is 10.7. The number of Topliss-reactive ketones (excluding diaryl/α,β-unsaturated/α-hetero) is 1. The maximum atomic E-state index is 11.9. The normalized spacial score (nSPS) is 19.1. The van der Waals surface area contributed by atoms with Crippen molar-refractivity contribution in [2.45, 2.75) is 18.4 Å². The van der Waals surface area contributed by atoms with Crippen LogP contribution in [0.15, 0.2) is 18.3 Å². The Balaban J connectivity index is 1.84. The second-order valence-electron chi connectivity index (χ2n) is 5.02. The van der Waals surface area contributed by atoms with Gasteiger partial charge in [-0.3, -0.25) is 9.69 Å². The van der Waals surface area contributed by atoms with Gasteiger partial charge in [-0.1, -0.05) is 0 Å². The summed E-state index contributed by atoms with van der Waals surface area (Å²) in [5.41, 5.74) is -0.107. The van der Waals surface area contributed by atoms with Gasteiger partial charge in [0.1, 0.15) is 0 Å². The Kier molecular flexibility index (Phi) is 4.16. The van der Waals surface area contributed by atoms with Gasteiger partial charge in [-0.2, -0.15) is 0 Å². The average Bonchev–Trinajstić information content (AvgIpc) is 2.82. The largest absolute Gasteiger partial charge is 0.388 e. The fraction of sp³-hybridized carbons (Fsp3) is 0.615. The van der Waals surface area contributed by atoms with Crippen LogP contribution in [0.25, 0.3) is 0 Å². The summed E-state index contributed by atoms with van der Waals surface area (Å²) in [4.78, 5) is 16.6. The van der Waals surface area contributed by atoms with E-state index in [1.165, 1.54) is 0 Å². The van der Waals surface area contributed by atoms with Crippen molar-refractivity contribution >= 4 is 5.78 Å². The van der Waals surface area contributed by atoms with E-state index in [-0.39, 0.29) is 5.78 Å². The Labute approximate surface area is 107 Å². The Hall–Kier alpha value is -1.17. The number of likely N-dealkylation sites (N-methyl/N-ethyl adjacent to an activating group) is 1. The highest BCUT2D eigenvalue weighted by molar-refractivity contribution is 5.95. The van der Waals surface area contributed by atoms with Gasteiger partial charge in [0.2, 0.25) is 0 Å². The number of nitrogens with zero attached hydrogens (tertiary/aromatic N) is 1. The molecule has 0 unspecified atom stereocenters. The van der Waals surface area contributed by atoms with E-state index in [4.69, 9.17) is 4.74 Å². The third kappa shape index (κ3) is 3.41. The Morgan fingerprint density at radius 3 is 2.89 bits per heavy atom. The Morgan fingerprint density at radius 1 is 1.56 bits per heavy atom. The van der Waals surface area contributed by atoms with Crippen LogP contribution < -0.4 is 0 Å². The van der Waals surface area contributed by atoms with Gasteiger partial charge in [-0.15, -0.1) is 0 Å². The van der Waals surface area contributed by atoms with E-state index < -0.39 is 5.60 Å². The molecular weight excluding hydrogens is 232 g/mol. The number of nitrogens with one attached hydrogen (secondary N) is 1. The molecule has 1 aromatic rings. The van der Waals surface area contributed by atoms with Crippen molar-refractivity contribution in [1.29, 1.82) is 0 Å². The third-order valence-corrected chi connectivity index (χ3v) is 3.30. The molecule has 0 aromatic carbocycles. The van der Waals surface area contributed by atoms with E-state index >= 15 is 0 Å². The minimum Gasteiger partial charge on any atom is -0.388 e. The maximum Gasteiger partial charge on any atom is 0.192 e. The first-order valence-electron chi connectivity index (χ1n) is 6.24. The highest BCUT2D eigenvalue weighted by Gasteiger charge is 2.31. The second kappa shape index (κ2) is 5.65. The van der Waals surface area contributed by atoms with E-state index in [1.807, 2.05) is 11.9 Å². The van der Waals surface area contributed by atoms with Gasteiger partial charge in [0.05, 0.1) is 17.8 Å². The molecule has 2 N–H and O–H groups in total. The van der Waals surface area contributed by atoms with Crippen LogP contribution in [0.5, 0.6) is 0 Å². The van der Waals surface area contributed by atoms with Crippen molar-refractivity contribution in [3.8, 4) is 0 Å². The van der Waals surface area contributed by atoms with Crippen LogP contribution in [0.1, 0.15) is 23.3 Å². The van der Waals surface area contributed by atoms with Crippen molar-refractivity contribution in [2.24, 2.45) is 0 Å². The minimum atomic E-state index is -0.719. The van der Waals surface area contributed by atoms with Gasteiger partial charge in [0.15, 0.2) is 5.78 Å². The van der Waals surface area contributed by atoms with Crippen LogP contribution >= 0.6 is 0 Å². The van der Waals surface area contributed by atoms with E-state index in [1.54, 1.807) is 18.3 Å². The first-order chi connectivity index (χ1) is 8.59. The second-order valence-corrected chi connectivity index (χ2v) is 5.02. The fourth-order valence-electron chi connectivity index (χ4n) is 2.30. The smallest absolute Gasteiger partial charge is 0.192 e. The highest BCUT2D eigenvalue weighted by atomic mass is 16.5. The molecular formula is C13H20N2O3. The topological polar surface area (TPSA) is 65.6 Å². The number of carbonyl (C=O) groups is 1. The van der Waals surface area contributed by atoms with Gasteiger partial charge >= 0.3 is 0 Å². The van der Waals surface area contributed by atoms with Crippen molar-refractivity contribution < 1.29 is 14.6 Å². The molecule has 1 fully saturated rings. The zero-order chi connectivity index (χ0) is 13.0. The quantitative estimate of drug-likeness (QED) is 0.756. The molecule has 1 aromatic heterocycles. The minimum absolute atomic E-state index is 0.0400. The van der Waals surface area contributed by atoms with Crippen molar-refractivity contribution in [3.63, 3.8) is 0 Å². The summed E-state index contributed by atoms with van der Waals surface area (Å²) in [6.07, 6.45) is 3.00. The number of H-pyrrole nitrogens is 1. The zero-order valence-electron chi connectivity index (χ0n) is 10.7. The number of aromatic amines is 1. The molecule has 0 radical (unpaired) electrons. The molecule has 5 heteroatoms. The lowest BCUT2D eigenvalue weighted by Crippen LogP contribution is -2.46. The fourth-order valence-corrected chi connectivity index (χ4v) is 2.30. The molecule has 100 valence electrons. The molecule has 0 amide bonds. The SMILES string of the molecule is CN(CC(=O)c1ccc[nH]1)CC1(O)CCOCC1. The lowest BCUT2D eigenvalue weighted by Gasteiger charge is -2.35. The molecule has 0 saturated carbocycles. The van der Waals surface area contributed by atoms with Crippen molar-refractivity contribution in [3.05, 3.63) is 24.0 Å². The predicted molar refractivity (Wildman–Crippen MR) is 67.6 cm³/mol. The summed E-state index contributed by atoms with van der Waals surface area (Å²) >= 11 is 0. The number of rotatable bonds is 5. The number of ether oxygens (including phenoxy) is 1. The summed E-state index contributed by atoms with van der Waals surface area (Å²) in [5.74, 6) is 0.0400. The average molecular weight is 252 g/mol. The molecule has 0 aliphatic carbocycles. The van der Waals surface area contributed by atoms with Crippen molar-refractivity contribution in [1.82, 2.24) is 9.88 Å². The van der Waals surface area contributed by atoms with Gasteiger partial charge in [-0.05, 0) is 19.2 Å². The molecule has 0 spiro atoms. The summed E-state index contributed by atoms with van der Waals surface area (Å²) < 4.78 is 5.24. The van der Waals surface area contributed by atoms with Crippen molar-refractivity contribution in [2.75, 3.05) is 33.4 Å². The van der Waals surface area contributed by atoms with E-state index in [0.717, 1.165) is 0 Å². The van der Waals surface area contributed by atoms with Crippen LogP contribution in [0, 0.1) is 0 Å².